The highest BCUT2D eigenvalue weighted by Gasteiger charge is 2.23. The molecule has 2 aromatic rings. The minimum atomic E-state index is 0.591. The second-order valence-corrected chi connectivity index (χ2v) is 6.89. The van der Waals surface area contributed by atoms with Crippen molar-refractivity contribution in [1.82, 2.24) is 4.90 Å². The van der Waals surface area contributed by atoms with Crippen molar-refractivity contribution in [2.45, 2.75) is 38.3 Å². The van der Waals surface area contributed by atoms with Crippen molar-refractivity contribution >= 4 is 22.9 Å². The highest BCUT2D eigenvalue weighted by Crippen LogP contribution is 2.33. The molecule has 0 bridgehead atoms. The van der Waals surface area contributed by atoms with E-state index < -0.39 is 0 Å². The van der Waals surface area contributed by atoms with Crippen molar-refractivity contribution in [3.63, 3.8) is 0 Å². The second kappa shape index (κ2) is 6.75. The highest BCUT2D eigenvalue weighted by atomic mass is 35.5. The third kappa shape index (κ3) is 3.43. The number of hydrogen-bond donors (Lipinski definition) is 0. The molecule has 0 spiro atoms. The molecule has 3 rings (SSSR count). The van der Waals surface area contributed by atoms with Gasteiger partial charge in [0, 0.05) is 22.5 Å². The summed E-state index contributed by atoms with van der Waals surface area (Å²) in [7, 11) is 0. The Morgan fingerprint density at radius 3 is 2.70 bits per heavy atom. The molecule has 1 aromatic heterocycles. The molecule has 0 N–H and O–H groups in total. The van der Waals surface area contributed by atoms with Gasteiger partial charge in [-0.1, -0.05) is 42.6 Å². The van der Waals surface area contributed by atoms with Crippen LogP contribution in [0.5, 0.6) is 0 Å². The van der Waals surface area contributed by atoms with Gasteiger partial charge in [0.05, 0.1) is 0 Å². The van der Waals surface area contributed by atoms with Crippen molar-refractivity contribution in [1.29, 1.82) is 0 Å². The molecule has 106 valence electrons. The Morgan fingerprint density at radius 2 is 1.95 bits per heavy atom. The van der Waals surface area contributed by atoms with Gasteiger partial charge in [-0.05, 0) is 48.5 Å². The molecule has 0 saturated carbocycles. The van der Waals surface area contributed by atoms with Gasteiger partial charge in [-0.2, -0.15) is 0 Å². The molecule has 0 aliphatic carbocycles. The fourth-order valence-corrected chi connectivity index (χ4v) is 4.01. The zero-order valence-electron chi connectivity index (χ0n) is 11.6. The van der Waals surface area contributed by atoms with Gasteiger partial charge in [0.1, 0.15) is 0 Å². The molecule has 1 aliphatic rings. The van der Waals surface area contributed by atoms with Crippen LogP contribution in [-0.2, 0) is 6.54 Å². The summed E-state index contributed by atoms with van der Waals surface area (Å²) >= 11 is 7.87. The Morgan fingerprint density at radius 1 is 1.10 bits per heavy atom. The molecule has 1 aliphatic heterocycles. The third-order valence-electron chi connectivity index (χ3n) is 4.03. The lowest BCUT2D eigenvalue weighted by Crippen LogP contribution is -2.27. The molecule has 3 heteroatoms. The Hall–Kier alpha value is -0.830. The summed E-state index contributed by atoms with van der Waals surface area (Å²) in [4.78, 5) is 4.16. The van der Waals surface area contributed by atoms with Gasteiger partial charge in [-0.15, -0.1) is 11.3 Å². The zero-order valence-corrected chi connectivity index (χ0v) is 13.2. The molecule has 1 saturated heterocycles. The number of nitrogens with zero attached hydrogens (tertiary/aromatic N) is 1. The van der Waals surface area contributed by atoms with Crippen LogP contribution in [0, 0.1) is 0 Å². The fourth-order valence-electron chi connectivity index (χ4n) is 2.98. The first kappa shape index (κ1) is 14.1. The molecule has 20 heavy (non-hydrogen) atoms. The Kier molecular flexibility index (Phi) is 4.77. The maximum absolute atomic E-state index is 5.98. The second-order valence-electron chi connectivity index (χ2n) is 5.48. The molecular weight excluding hydrogens is 286 g/mol. The quantitative estimate of drug-likeness (QED) is 0.722. The standard InChI is InChI=1S/C17H20ClNS/c18-15-9-7-14(8-10-15)13-19-11-3-1-2-5-16(19)17-6-4-12-20-17/h4,6-10,12,16H,1-3,5,11,13H2. The molecular formula is C17H20ClNS. The number of benzene rings is 1. The minimum Gasteiger partial charge on any atom is -0.291 e. The van der Waals surface area contributed by atoms with E-state index in [0.717, 1.165) is 11.6 Å². The van der Waals surface area contributed by atoms with E-state index in [-0.39, 0.29) is 0 Å². The van der Waals surface area contributed by atoms with Crippen LogP contribution in [-0.4, -0.2) is 11.4 Å². The van der Waals surface area contributed by atoms with Crippen LogP contribution in [0.3, 0.4) is 0 Å². The van der Waals surface area contributed by atoms with Crippen molar-refractivity contribution in [2.75, 3.05) is 6.54 Å². The average Bonchev–Trinajstić information content (AvgIpc) is 2.89. The normalized spacial score (nSPS) is 20.8. The summed E-state index contributed by atoms with van der Waals surface area (Å²) in [5.41, 5.74) is 1.36. The molecule has 1 atom stereocenters. The van der Waals surface area contributed by atoms with Crippen molar-refractivity contribution in [2.24, 2.45) is 0 Å². The molecule has 2 heterocycles. The van der Waals surface area contributed by atoms with Gasteiger partial charge in [0.2, 0.25) is 0 Å². The summed E-state index contributed by atoms with van der Waals surface area (Å²) in [6.07, 6.45) is 5.31. The van der Waals surface area contributed by atoms with E-state index in [9.17, 15) is 0 Å². The SMILES string of the molecule is Clc1ccc(CN2CCCCCC2c2cccs2)cc1. The molecule has 1 fully saturated rings. The predicted molar refractivity (Wildman–Crippen MR) is 87.4 cm³/mol. The first-order chi connectivity index (χ1) is 9.83. The number of rotatable bonds is 3. The first-order valence-electron chi connectivity index (χ1n) is 7.35. The smallest absolute Gasteiger partial charge is 0.0445 e. The topological polar surface area (TPSA) is 3.24 Å². The summed E-state index contributed by atoms with van der Waals surface area (Å²) < 4.78 is 0. The van der Waals surface area contributed by atoms with E-state index in [2.05, 4.69) is 34.5 Å². The van der Waals surface area contributed by atoms with Crippen LogP contribution in [0.2, 0.25) is 5.02 Å². The Balaban J connectivity index is 1.78. The van der Waals surface area contributed by atoms with Crippen LogP contribution >= 0.6 is 22.9 Å². The zero-order chi connectivity index (χ0) is 13.8. The van der Waals surface area contributed by atoms with Gasteiger partial charge in [-0.3, -0.25) is 4.90 Å². The number of thiophene rings is 1. The van der Waals surface area contributed by atoms with E-state index in [0.29, 0.717) is 6.04 Å². The van der Waals surface area contributed by atoms with E-state index >= 15 is 0 Å². The van der Waals surface area contributed by atoms with Crippen LogP contribution in [0.15, 0.2) is 41.8 Å². The number of likely N-dealkylation sites (tertiary alicyclic amines) is 1. The van der Waals surface area contributed by atoms with Crippen molar-refractivity contribution in [3.05, 3.63) is 57.2 Å². The monoisotopic (exact) mass is 305 g/mol. The highest BCUT2D eigenvalue weighted by molar-refractivity contribution is 7.10. The van der Waals surface area contributed by atoms with Crippen LogP contribution < -0.4 is 0 Å². The summed E-state index contributed by atoms with van der Waals surface area (Å²) in [5, 5.41) is 3.01. The lowest BCUT2D eigenvalue weighted by Gasteiger charge is -2.29. The summed E-state index contributed by atoms with van der Waals surface area (Å²) in [5.74, 6) is 0. The van der Waals surface area contributed by atoms with Gasteiger partial charge >= 0.3 is 0 Å². The van der Waals surface area contributed by atoms with Crippen molar-refractivity contribution < 1.29 is 0 Å². The van der Waals surface area contributed by atoms with E-state index in [4.69, 9.17) is 11.6 Å². The van der Waals surface area contributed by atoms with E-state index in [1.165, 1.54) is 42.7 Å². The lowest BCUT2D eigenvalue weighted by atomic mass is 10.1. The molecule has 1 aromatic carbocycles. The molecule has 0 amide bonds. The lowest BCUT2D eigenvalue weighted by molar-refractivity contribution is 0.195. The van der Waals surface area contributed by atoms with Crippen molar-refractivity contribution in [3.8, 4) is 0 Å². The molecule has 1 unspecified atom stereocenters. The van der Waals surface area contributed by atoms with E-state index in [1.54, 1.807) is 0 Å². The Bertz CT molecular complexity index is 520. The maximum Gasteiger partial charge on any atom is 0.0445 e. The maximum atomic E-state index is 5.98. The summed E-state index contributed by atoms with van der Waals surface area (Å²) in [6, 6.07) is 13.3. The van der Waals surface area contributed by atoms with Crippen LogP contribution in [0.25, 0.3) is 0 Å². The summed E-state index contributed by atoms with van der Waals surface area (Å²) in [6.45, 7) is 2.23. The van der Waals surface area contributed by atoms with Crippen LogP contribution in [0.4, 0.5) is 0 Å². The van der Waals surface area contributed by atoms with Crippen LogP contribution in [0.1, 0.15) is 42.2 Å². The van der Waals surface area contributed by atoms with Gasteiger partial charge < -0.3 is 0 Å². The van der Waals surface area contributed by atoms with Gasteiger partial charge in [0.15, 0.2) is 0 Å². The minimum absolute atomic E-state index is 0.591. The molecule has 0 radical (unpaired) electrons. The third-order valence-corrected chi connectivity index (χ3v) is 5.26. The average molecular weight is 306 g/mol. The van der Waals surface area contributed by atoms with Gasteiger partial charge in [0.25, 0.3) is 0 Å². The van der Waals surface area contributed by atoms with E-state index in [1.807, 2.05) is 23.5 Å². The van der Waals surface area contributed by atoms with Gasteiger partial charge in [-0.25, -0.2) is 0 Å². The molecule has 1 nitrogen and oxygen atoms in total. The largest absolute Gasteiger partial charge is 0.291 e. The predicted octanol–water partition coefficient (Wildman–Crippen LogP) is 5.52. The number of halogens is 1. The number of hydrogen-bond acceptors (Lipinski definition) is 2. The Labute approximate surface area is 130 Å². The first-order valence-corrected chi connectivity index (χ1v) is 8.60. The fraction of sp³-hybridized carbons (Fsp3) is 0.412.